The van der Waals surface area contributed by atoms with E-state index in [0.717, 1.165) is 35.1 Å². The second-order valence-electron chi connectivity index (χ2n) is 3.66. The molecule has 1 aromatic carbocycles. The first-order valence-electron chi connectivity index (χ1n) is 5.62. The highest BCUT2D eigenvalue weighted by Gasteiger charge is 2.09. The van der Waals surface area contributed by atoms with E-state index in [2.05, 4.69) is 35.3 Å². The summed E-state index contributed by atoms with van der Waals surface area (Å²) in [6, 6.07) is 6.03. The summed E-state index contributed by atoms with van der Waals surface area (Å²) in [6.07, 6.45) is 0. The molecule has 2 nitrogen and oxygen atoms in total. The van der Waals surface area contributed by atoms with Crippen molar-refractivity contribution in [2.75, 3.05) is 18.0 Å². The molecule has 0 N–H and O–H groups in total. The van der Waals surface area contributed by atoms with Crippen LogP contribution < -0.4 is 4.90 Å². The number of halogens is 1. The number of hydrogen-bond acceptors (Lipinski definition) is 3. The van der Waals surface area contributed by atoms with E-state index in [-0.39, 0.29) is 0 Å². The van der Waals surface area contributed by atoms with Gasteiger partial charge in [-0.15, -0.1) is 11.3 Å². The molecule has 89 valence electrons. The highest BCUT2D eigenvalue weighted by molar-refractivity contribution is 7.07. The van der Waals surface area contributed by atoms with Crippen molar-refractivity contribution in [2.45, 2.75) is 13.8 Å². The van der Waals surface area contributed by atoms with Crippen LogP contribution in [0.15, 0.2) is 23.6 Å². The highest BCUT2D eigenvalue weighted by atomic mass is 35.5. The molecule has 0 aliphatic rings. The molecule has 0 spiro atoms. The van der Waals surface area contributed by atoms with E-state index in [1.165, 1.54) is 11.3 Å². The van der Waals surface area contributed by atoms with Crippen molar-refractivity contribution < 1.29 is 0 Å². The SMILES string of the molecule is CCN(CC)c1cc(-c2cs[c]n2)ccc1Cl. The Morgan fingerprint density at radius 1 is 1.35 bits per heavy atom. The Kier molecular flexibility index (Phi) is 4.02. The van der Waals surface area contributed by atoms with Gasteiger partial charge in [-0.3, -0.25) is 0 Å². The van der Waals surface area contributed by atoms with E-state index in [4.69, 9.17) is 11.6 Å². The van der Waals surface area contributed by atoms with Crippen molar-refractivity contribution in [2.24, 2.45) is 0 Å². The first kappa shape index (κ1) is 12.4. The van der Waals surface area contributed by atoms with Crippen molar-refractivity contribution in [3.05, 3.63) is 34.1 Å². The van der Waals surface area contributed by atoms with Gasteiger partial charge < -0.3 is 4.90 Å². The maximum Gasteiger partial charge on any atom is 0.152 e. The van der Waals surface area contributed by atoms with Gasteiger partial charge in [0.25, 0.3) is 0 Å². The molecule has 1 aromatic heterocycles. The second-order valence-corrected chi connectivity index (χ2v) is 4.72. The first-order valence-corrected chi connectivity index (χ1v) is 6.88. The molecule has 0 bridgehead atoms. The second kappa shape index (κ2) is 5.52. The quantitative estimate of drug-likeness (QED) is 0.827. The first-order chi connectivity index (χ1) is 8.26. The lowest BCUT2D eigenvalue weighted by molar-refractivity contribution is 0.866. The van der Waals surface area contributed by atoms with Gasteiger partial charge in [0.1, 0.15) is 0 Å². The third kappa shape index (κ3) is 2.61. The molecule has 0 saturated heterocycles. The fourth-order valence-corrected chi connectivity index (χ4v) is 2.54. The van der Waals surface area contributed by atoms with Crippen LogP contribution in [0.2, 0.25) is 5.02 Å². The fourth-order valence-electron chi connectivity index (χ4n) is 1.80. The van der Waals surface area contributed by atoms with E-state index < -0.39 is 0 Å². The standard InChI is InChI=1S/C13H14ClN2S/c1-3-16(4-2)13-7-10(5-6-11(13)14)12-8-17-9-15-12/h5-8H,3-4H2,1-2H3. The van der Waals surface area contributed by atoms with Crippen LogP contribution in [-0.2, 0) is 0 Å². The van der Waals surface area contributed by atoms with Gasteiger partial charge in [-0.2, -0.15) is 0 Å². The zero-order valence-corrected chi connectivity index (χ0v) is 11.5. The summed E-state index contributed by atoms with van der Waals surface area (Å²) >= 11 is 7.72. The van der Waals surface area contributed by atoms with Gasteiger partial charge in [0.15, 0.2) is 5.51 Å². The number of nitrogens with zero attached hydrogens (tertiary/aromatic N) is 2. The maximum atomic E-state index is 6.24. The number of hydrogen-bond donors (Lipinski definition) is 0. The fraction of sp³-hybridized carbons (Fsp3) is 0.308. The lowest BCUT2D eigenvalue weighted by Crippen LogP contribution is -2.22. The van der Waals surface area contributed by atoms with Crippen LogP contribution in [0.1, 0.15) is 13.8 Å². The molecule has 2 aromatic rings. The van der Waals surface area contributed by atoms with Gasteiger partial charge in [0, 0.05) is 24.0 Å². The molecular formula is C13H14ClN2S. The predicted molar refractivity (Wildman–Crippen MR) is 75.0 cm³/mol. The van der Waals surface area contributed by atoms with Gasteiger partial charge in [0.2, 0.25) is 0 Å². The highest BCUT2D eigenvalue weighted by Crippen LogP contribution is 2.31. The molecule has 0 saturated carbocycles. The molecule has 0 aliphatic carbocycles. The van der Waals surface area contributed by atoms with Crippen molar-refractivity contribution >= 4 is 28.6 Å². The van der Waals surface area contributed by atoms with Crippen LogP contribution in [0, 0.1) is 5.51 Å². The Morgan fingerprint density at radius 2 is 2.12 bits per heavy atom. The minimum Gasteiger partial charge on any atom is -0.371 e. The van der Waals surface area contributed by atoms with Crippen LogP contribution in [0.3, 0.4) is 0 Å². The van der Waals surface area contributed by atoms with Gasteiger partial charge in [-0.25, -0.2) is 4.98 Å². The number of rotatable bonds is 4. The summed E-state index contributed by atoms with van der Waals surface area (Å²) in [4.78, 5) is 6.44. The van der Waals surface area contributed by atoms with E-state index in [0.29, 0.717) is 0 Å². The largest absolute Gasteiger partial charge is 0.371 e. The van der Waals surface area contributed by atoms with Gasteiger partial charge in [-0.1, -0.05) is 17.7 Å². The smallest absolute Gasteiger partial charge is 0.152 e. The van der Waals surface area contributed by atoms with Gasteiger partial charge in [-0.05, 0) is 26.0 Å². The van der Waals surface area contributed by atoms with Crippen LogP contribution in [-0.4, -0.2) is 18.1 Å². The summed E-state index contributed by atoms with van der Waals surface area (Å²) in [6.45, 7) is 6.15. The topological polar surface area (TPSA) is 16.1 Å². The zero-order valence-electron chi connectivity index (χ0n) is 9.90. The molecule has 0 unspecified atom stereocenters. The zero-order chi connectivity index (χ0) is 12.3. The summed E-state index contributed by atoms with van der Waals surface area (Å²) in [5, 5.41) is 2.78. The van der Waals surface area contributed by atoms with Crippen molar-refractivity contribution in [3.63, 3.8) is 0 Å². The minimum absolute atomic E-state index is 0.789. The Hall–Kier alpha value is -1.06. The van der Waals surface area contributed by atoms with Crippen molar-refractivity contribution in [1.29, 1.82) is 0 Å². The minimum atomic E-state index is 0.789. The normalized spacial score (nSPS) is 10.5. The van der Waals surface area contributed by atoms with Crippen LogP contribution in [0.25, 0.3) is 11.3 Å². The van der Waals surface area contributed by atoms with E-state index >= 15 is 0 Å². The predicted octanol–water partition coefficient (Wildman–Crippen LogP) is 4.11. The molecule has 4 heteroatoms. The Balaban J connectivity index is 2.42. The lowest BCUT2D eigenvalue weighted by atomic mass is 10.1. The molecule has 17 heavy (non-hydrogen) atoms. The summed E-state index contributed by atoms with van der Waals surface area (Å²) in [5.74, 6) is 0. The van der Waals surface area contributed by atoms with Gasteiger partial charge >= 0.3 is 0 Å². The summed E-state index contributed by atoms with van der Waals surface area (Å²) in [5.41, 5.74) is 5.99. The average Bonchev–Trinajstić information content (AvgIpc) is 2.86. The Morgan fingerprint density at radius 3 is 2.71 bits per heavy atom. The third-order valence-electron chi connectivity index (χ3n) is 2.74. The molecular weight excluding hydrogens is 252 g/mol. The summed E-state index contributed by atoms with van der Waals surface area (Å²) < 4.78 is 0. The molecule has 1 heterocycles. The molecule has 1 radical (unpaired) electrons. The van der Waals surface area contributed by atoms with Crippen LogP contribution in [0.4, 0.5) is 5.69 Å². The van der Waals surface area contributed by atoms with Crippen molar-refractivity contribution in [3.8, 4) is 11.3 Å². The lowest BCUT2D eigenvalue weighted by Gasteiger charge is -2.22. The van der Waals surface area contributed by atoms with Crippen LogP contribution in [0.5, 0.6) is 0 Å². The van der Waals surface area contributed by atoms with Crippen molar-refractivity contribution in [1.82, 2.24) is 4.98 Å². The third-order valence-corrected chi connectivity index (χ3v) is 3.59. The van der Waals surface area contributed by atoms with E-state index in [1.54, 1.807) is 0 Å². The van der Waals surface area contributed by atoms with E-state index in [1.807, 2.05) is 17.5 Å². The van der Waals surface area contributed by atoms with Crippen LogP contribution >= 0.6 is 22.9 Å². The Labute approximate surface area is 111 Å². The monoisotopic (exact) mass is 265 g/mol. The molecule has 2 rings (SSSR count). The van der Waals surface area contributed by atoms with Gasteiger partial charge in [0.05, 0.1) is 16.4 Å². The number of thiazole rings is 1. The Bertz CT molecular complexity index is 478. The molecule has 0 fully saturated rings. The number of anilines is 1. The number of benzene rings is 1. The average molecular weight is 266 g/mol. The van der Waals surface area contributed by atoms with E-state index in [9.17, 15) is 0 Å². The number of aromatic nitrogens is 1. The molecule has 0 aliphatic heterocycles. The maximum absolute atomic E-state index is 6.24. The summed E-state index contributed by atoms with van der Waals surface area (Å²) in [7, 11) is 0. The molecule has 0 amide bonds. The molecule has 0 atom stereocenters.